The number of carboxylic acids is 1. The first-order valence-corrected chi connectivity index (χ1v) is 5.58. The molecule has 0 fully saturated rings. The number of urea groups is 1. The lowest BCUT2D eigenvalue weighted by molar-refractivity contribution is 0.0696. The van der Waals surface area contributed by atoms with Crippen LogP contribution in [-0.4, -0.2) is 35.1 Å². The van der Waals surface area contributed by atoms with Crippen molar-refractivity contribution in [3.05, 3.63) is 29.6 Å². The van der Waals surface area contributed by atoms with E-state index in [4.69, 9.17) is 5.11 Å². The number of anilines is 1. The van der Waals surface area contributed by atoms with Crippen LogP contribution >= 0.6 is 0 Å². The second-order valence-electron chi connectivity index (χ2n) is 3.60. The van der Waals surface area contributed by atoms with Gasteiger partial charge in [-0.1, -0.05) is 0 Å². The molecule has 0 radical (unpaired) electrons. The number of nitrogens with one attached hydrogen (secondary N) is 1. The third-order valence-electron chi connectivity index (χ3n) is 2.51. The standard InChI is InChI=1S/C12H15FN2O3/c1-3-15(4-2)12(18)14-10-6-5-8(11(16)17)7-9(10)13/h5-7H,3-4H2,1-2H3,(H,14,18)(H,16,17). The molecule has 5 nitrogen and oxygen atoms in total. The van der Waals surface area contributed by atoms with Crippen LogP contribution in [0, 0.1) is 5.82 Å². The van der Waals surface area contributed by atoms with Gasteiger partial charge in [0.2, 0.25) is 0 Å². The summed E-state index contributed by atoms with van der Waals surface area (Å²) in [5.74, 6) is -1.98. The van der Waals surface area contributed by atoms with Gasteiger partial charge in [-0.2, -0.15) is 0 Å². The molecule has 1 rings (SSSR count). The van der Waals surface area contributed by atoms with Crippen molar-refractivity contribution in [2.45, 2.75) is 13.8 Å². The fourth-order valence-corrected chi connectivity index (χ4v) is 1.45. The van der Waals surface area contributed by atoms with Crippen molar-refractivity contribution >= 4 is 17.7 Å². The van der Waals surface area contributed by atoms with Crippen molar-refractivity contribution in [3.8, 4) is 0 Å². The Morgan fingerprint density at radius 3 is 2.39 bits per heavy atom. The Bertz CT molecular complexity index is 459. The van der Waals surface area contributed by atoms with Crippen molar-refractivity contribution in [3.63, 3.8) is 0 Å². The molecule has 0 aliphatic rings. The van der Waals surface area contributed by atoms with Gasteiger partial charge >= 0.3 is 12.0 Å². The Kier molecular flexibility index (Phi) is 4.65. The number of nitrogens with zero attached hydrogens (tertiary/aromatic N) is 1. The molecule has 1 aromatic rings. The molecule has 0 aromatic heterocycles. The van der Waals surface area contributed by atoms with E-state index in [1.807, 2.05) is 13.8 Å². The minimum Gasteiger partial charge on any atom is -0.478 e. The van der Waals surface area contributed by atoms with E-state index in [-0.39, 0.29) is 11.3 Å². The number of hydrogen-bond donors (Lipinski definition) is 2. The van der Waals surface area contributed by atoms with Crippen LogP contribution in [0.5, 0.6) is 0 Å². The molecular weight excluding hydrogens is 239 g/mol. The molecule has 1 aromatic carbocycles. The average molecular weight is 254 g/mol. The maximum absolute atomic E-state index is 13.5. The van der Waals surface area contributed by atoms with Gasteiger partial charge in [-0.25, -0.2) is 14.0 Å². The number of carbonyl (C=O) groups excluding carboxylic acids is 1. The van der Waals surface area contributed by atoms with E-state index in [1.54, 1.807) is 0 Å². The van der Waals surface area contributed by atoms with Gasteiger partial charge in [-0.15, -0.1) is 0 Å². The normalized spacial score (nSPS) is 9.94. The molecule has 0 saturated heterocycles. The predicted molar refractivity (Wildman–Crippen MR) is 65.3 cm³/mol. The highest BCUT2D eigenvalue weighted by Gasteiger charge is 2.13. The zero-order valence-electron chi connectivity index (χ0n) is 10.2. The summed E-state index contributed by atoms with van der Waals surface area (Å²) in [5, 5.41) is 11.1. The van der Waals surface area contributed by atoms with Crippen LogP contribution in [0.25, 0.3) is 0 Å². The SMILES string of the molecule is CCN(CC)C(=O)Nc1ccc(C(=O)O)cc1F. The summed E-state index contributed by atoms with van der Waals surface area (Å²) >= 11 is 0. The van der Waals surface area contributed by atoms with Crippen molar-refractivity contribution in [1.29, 1.82) is 0 Å². The van der Waals surface area contributed by atoms with Crippen LogP contribution in [0.3, 0.4) is 0 Å². The van der Waals surface area contributed by atoms with E-state index < -0.39 is 17.8 Å². The van der Waals surface area contributed by atoms with Crippen LogP contribution in [-0.2, 0) is 0 Å². The lowest BCUT2D eigenvalue weighted by Crippen LogP contribution is -2.34. The molecule has 0 bridgehead atoms. The molecule has 98 valence electrons. The topological polar surface area (TPSA) is 69.6 Å². The molecule has 0 heterocycles. The lowest BCUT2D eigenvalue weighted by Gasteiger charge is -2.19. The summed E-state index contributed by atoms with van der Waals surface area (Å²) in [7, 11) is 0. The molecule has 0 aliphatic heterocycles. The number of hydrogen-bond acceptors (Lipinski definition) is 2. The number of rotatable bonds is 4. The highest BCUT2D eigenvalue weighted by atomic mass is 19.1. The molecule has 0 atom stereocenters. The van der Waals surface area contributed by atoms with Crippen molar-refractivity contribution in [1.82, 2.24) is 4.90 Å². The fourth-order valence-electron chi connectivity index (χ4n) is 1.45. The largest absolute Gasteiger partial charge is 0.478 e. The summed E-state index contributed by atoms with van der Waals surface area (Å²) in [5.41, 5.74) is -0.190. The quantitative estimate of drug-likeness (QED) is 0.866. The van der Waals surface area contributed by atoms with Crippen LogP contribution in [0.2, 0.25) is 0 Å². The second kappa shape index (κ2) is 6.00. The first-order valence-electron chi connectivity index (χ1n) is 5.58. The summed E-state index contributed by atoms with van der Waals surface area (Å²) in [6, 6.07) is 2.94. The van der Waals surface area contributed by atoms with Crippen LogP contribution in [0.4, 0.5) is 14.9 Å². The van der Waals surface area contributed by atoms with Crippen LogP contribution in [0.1, 0.15) is 24.2 Å². The first kappa shape index (κ1) is 14.0. The highest BCUT2D eigenvalue weighted by molar-refractivity contribution is 5.91. The smallest absolute Gasteiger partial charge is 0.335 e. The Morgan fingerprint density at radius 1 is 1.33 bits per heavy atom. The van der Waals surface area contributed by atoms with E-state index >= 15 is 0 Å². The van der Waals surface area contributed by atoms with Gasteiger partial charge in [-0.3, -0.25) is 0 Å². The van der Waals surface area contributed by atoms with E-state index in [1.165, 1.54) is 17.0 Å². The van der Waals surface area contributed by atoms with Gasteiger partial charge in [0.1, 0.15) is 5.82 Å². The maximum atomic E-state index is 13.5. The molecule has 0 saturated carbocycles. The van der Waals surface area contributed by atoms with Crippen LogP contribution < -0.4 is 5.32 Å². The van der Waals surface area contributed by atoms with Crippen molar-refractivity contribution in [2.24, 2.45) is 0 Å². The predicted octanol–water partition coefficient (Wildman–Crippen LogP) is 2.40. The molecule has 0 unspecified atom stereocenters. The van der Waals surface area contributed by atoms with Gasteiger partial charge in [0, 0.05) is 13.1 Å². The minimum absolute atomic E-state index is 0.0306. The lowest BCUT2D eigenvalue weighted by atomic mass is 10.2. The number of carbonyl (C=O) groups is 2. The number of benzene rings is 1. The summed E-state index contributed by atoms with van der Waals surface area (Å²) < 4.78 is 13.5. The summed E-state index contributed by atoms with van der Waals surface area (Å²) in [4.78, 5) is 23.8. The zero-order valence-corrected chi connectivity index (χ0v) is 10.2. The van der Waals surface area contributed by atoms with Crippen LogP contribution in [0.15, 0.2) is 18.2 Å². The second-order valence-corrected chi connectivity index (χ2v) is 3.60. The van der Waals surface area contributed by atoms with Gasteiger partial charge in [0.05, 0.1) is 11.3 Å². The molecule has 6 heteroatoms. The molecule has 18 heavy (non-hydrogen) atoms. The molecule has 0 aliphatic carbocycles. The number of carboxylic acid groups (broad SMARTS) is 1. The van der Waals surface area contributed by atoms with Gasteiger partial charge in [0.25, 0.3) is 0 Å². The van der Waals surface area contributed by atoms with Gasteiger partial charge < -0.3 is 15.3 Å². The third-order valence-corrected chi connectivity index (χ3v) is 2.51. The Balaban J connectivity index is 2.86. The molecule has 0 spiro atoms. The van der Waals surface area contributed by atoms with E-state index in [0.29, 0.717) is 13.1 Å². The maximum Gasteiger partial charge on any atom is 0.335 e. The average Bonchev–Trinajstić information content (AvgIpc) is 2.33. The van der Waals surface area contributed by atoms with E-state index in [2.05, 4.69) is 5.32 Å². The van der Waals surface area contributed by atoms with Gasteiger partial charge in [-0.05, 0) is 32.0 Å². The monoisotopic (exact) mass is 254 g/mol. The minimum atomic E-state index is -1.21. The van der Waals surface area contributed by atoms with Crippen molar-refractivity contribution in [2.75, 3.05) is 18.4 Å². The molecular formula is C12H15FN2O3. The summed E-state index contributed by atoms with van der Waals surface area (Å²) in [6.07, 6.45) is 0. The van der Waals surface area contributed by atoms with E-state index in [9.17, 15) is 14.0 Å². The Labute approximate surface area is 104 Å². The highest BCUT2D eigenvalue weighted by Crippen LogP contribution is 2.16. The molecule has 2 N–H and O–H groups in total. The summed E-state index contributed by atoms with van der Waals surface area (Å²) in [6.45, 7) is 4.65. The number of halogens is 1. The third kappa shape index (κ3) is 3.19. The Hall–Kier alpha value is -2.11. The van der Waals surface area contributed by atoms with Gasteiger partial charge in [0.15, 0.2) is 0 Å². The zero-order chi connectivity index (χ0) is 13.7. The Morgan fingerprint density at radius 2 is 1.94 bits per heavy atom. The number of amides is 2. The van der Waals surface area contributed by atoms with Crippen molar-refractivity contribution < 1.29 is 19.1 Å². The van der Waals surface area contributed by atoms with E-state index in [0.717, 1.165) is 6.07 Å². The first-order chi connectivity index (χ1) is 8.49. The molecule has 2 amide bonds. The number of aromatic carboxylic acids is 1. The fraction of sp³-hybridized carbons (Fsp3) is 0.333.